The maximum Gasteiger partial charge on any atom is 0.106 e. The van der Waals surface area contributed by atoms with Gasteiger partial charge in [0.25, 0.3) is 0 Å². The summed E-state index contributed by atoms with van der Waals surface area (Å²) in [6, 6.07) is 10.7. The number of hydrogen-bond donors (Lipinski definition) is 0. The lowest BCUT2D eigenvalue weighted by Gasteiger charge is -2.39. The van der Waals surface area contributed by atoms with Crippen LogP contribution in [0.1, 0.15) is 12.0 Å². The zero-order valence-electron chi connectivity index (χ0n) is 11.9. The highest BCUT2D eigenvalue weighted by molar-refractivity contribution is 7.98. The molecular formula is C16H23NO2S. The predicted octanol–water partition coefficient (Wildman–Crippen LogP) is 2.41. The second kappa shape index (κ2) is 6.94. The van der Waals surface area contributed by atoms with Crippen molar-refractivity contribution in [1.29, 1.82) is 0 Å². The smallest absolute Gasteiger partial charge is 0.106 e. The van der Waals surface area contributed by atoms with Gasteiger partial charge in [-0.3, -0.25) is 4.90 Å². The van der Waals surface area contributed by atoms with Crippen molar-refractivity contribution < 1.29 is 9.47 Å². The number of nitrogens with zero attached hydrogens (tertiary/aromatic N) is 1. The van der Waals surface area contributed by atoms with E-state index in [9.17, 15) is 0 Å². The summed E-state index contributed by atoms with van der Waals surface area (Å²) in [5.74, 6) is 2.30. The van der Waals surface area contributed by atoms with Crippen LogP contribution in [0.4, 0.5) is 0 Å². The summed E-state index contributed by atoms with van der Waals surface area (Å²) in [6.45, 7) is 5.75. The Labute approximate surface area is 125 Å². The molecule has 3 nitrogen and oxygen atoms in total. The van der Waals surface area contributed by atoms with E-state index in [0.717, 1.165) is 51.6 Å². The molecule has 0 N–H and O–H groups in total. The fourth-order valence-corrected chi connectivity index (χ4v) is 3.86. The van der Waals surface area contributed by atoms with Crippen LogP contribution >= 0.6 is 11.8 Å². The Bertz CT molecular complexity index is 406. The molecule has 2 fully saturated rings. The number of thioether (sulfide) groups is 1. The normalized spacial score (nSPS) is 27.2. The van der Waals surface area contributed by atoms with Crippen molar-refractivity contribution in [1.82, 2.24) is 4.90 Å². The first kappa shape index (κ1) is 14.4. The van der Waals surface area contributed by atoms with Crippen molar-refractivity contribution in [2.45, 2.75) is 17.8 Å². The van der Waals surface area contributed by atoms with Gasteiger partial charge < -0.3 is 9.47 Å². The molecule has 20 heavy (non-hydrogen) atoms. The van der Waals surface area contributed by atoms with Gasteiger partial charge in [0, 0.05) is 44.2 Å². The zero-order valence-corrected chi connectivity index (χ0v) is 12.7. The van der Waals surface area contributed by atoms with E-state index in [0.29, 0.717) is 0 Å². The van der Waals surface area contributed by atoms with Crippen LogP contribution in [-0.2, 0) is 15.2 Å². The molecule has 3 rings (SSSR count). The molecule has 110 valence electrons. The van der Waals surface area contributed by atoms with Gasteiger partial charge in [0.05, 0.1) is 13.2 Å². The Morgan fingerprint density at radius 1 is 1.20 bits per heavy atom. The highest BCUT2D eigenvalue weighted by atomic mass is 32.2. The summed E-state index contributed by atoms with van der Waals surface area (Å²) in [6.07, 6.45) is 1.06. The summed E-state index contributed by atoms with van der Waals surface area (Å²) in [5, 5.41) is 0. The van der Waals surface area contributed by atoms with Gasteiger partial charge in [-0.05, 0) is 5.56 Å². The Morgan fingerprint density at radius 3 is 2.90 bits per heavy atom. The molecule has 0 saturated carbocycles. The molecule has 2 heterocycles. The van der Waals surface area contributed by atoms with Crippen LogP contribution in [0.15, 0.2) is 30.3 Å². The quantitative estimate of drug-likeness (QED) is 0.777. The summed E-state index contributed by atoms with van der Waals surface area (Å²) in [4.78, 5) is 2.54. The summed E-state index contributed by atoms with van der Waals surface area (Å²) in [7, 11) is 0. The average molecular weight is 293 g/mol. The molecule has 1 atom stereocenters. The first-order valence-electron chi connectivity index (χ1n) is 7.42. The Balaban J connectivity index is 1.38. The van der Waals surface area contributed by atoms with Crippen molar-refractivity contribution in [3.63, 3.8) is 0 Å². The van der Waals surface area contributed by atoms with Crippen LogP contribution in [0.5, 0.6) is 0 Å². The minimum absolute atomic E-state index is 0.00233. The molecular weight excluding hydrogens is 270 g/mol. The van der Waals surface area contributed by atoms with Crippen LogP contribution in [0.3, 0.4) is 0 Å². The molecule has 2 saturated heterocycles. The molecule has 1 aromatic carbocycles. The van der Waals surface area contributed by atoms with E-state index in [1.165, 1.54) is 11.3 Å². The van der Waals surface area contributed by atoms with Crippen LogP contribution < -0.4 is 0 Å². The lowest BCUT2D eigenvalue weighted by Crippen LogP contribution is -2.52. The van der Waals surface area contributed by atoms with E-state index in [-0.39, 0.29) is 5.60 Å². The third-order valence-corrected chi connectivity index (χ3v) is 5.07. The van der Waals surface area contributed by atoms with Crippen molar-refractivity contribution in [3.8, 4) is 0 Å². The monoisotopic (exact) mass is 293 g/mol. The van der Waals surface area contributed by atoms with Crippen LogP contribution in [0.25, 0.3) is 0 Å². The van der Waals surface area contributed by atoms with Gasteiger partial charge in [0.1, 0.15) is 5.60 Å². The Hall–Kier alpha value is -0.550. The summed E-state index contributed by atoms with van der Waals surface area (Å²) < 4.78 is 11.5. The van der Waals surface area contributed by atoms with E-state index in [4.69, 9.17) is 9.47 Å². The summed E-state index contributed by atoms with van der Waals surface area (Å²) >= 11 is 2.02. The highest BCUT2D eigenvalue weighted by Gasteiger charge is 2.40. The van der Waals surface area contributed by atoms with E-state index >= 15 is 0 Å². The van der Waals surface area contributed by atoms with Gasteiger partial charge >= 0.3 is 0 Å². The van der Waals surface area contributed by atoms with Gasteiger partial charge in [0.15, 0.2) is 0 Å². The van der Waals surface area contributed by atoms with Gasteiger partial charge in [0.2, 0.25) is 0 Å². The van der Waals surface area contributed by atoms with Crippen molar-refractivity contribution in [2.24, 2.45) is 0 Å². The van der Waals surface area contributed by atoms with E-state index in [1.807, 2.05) is 11.8 Å². The molecule has 0 radical (unpaired) electrons. The average Bonchev–Trinajstić information content (AvgIpc) is 2.93. The topological polar surface area (TPSA) is 21.7 Å². The van der Waals surface area contributed by atoms with Gasteiger partial charge in [-0.25, -0.2) is 0 Å². The standard InChI is InChI=1S/C16H23NO2S/c1-2-4-15(5-3-1)12-20-11-8-17-7-10-19-16(13-17)6-9-18-14-16/h1-5H,6-14H2. The molecule has 2 aliphatic rings. The lowest BCUT2D eigenvalue weighted by atomic mass is 10.0. The minimum Gasteiger partial charge on any atom is -0.378 e. The fourth-order valence-electron chi connectivity index (χ4n) is 2.90. The van der Waals surface area contributed by atoms with E-state index in [1.54, 1.807) is 0 Å². The Morgan fingerprint density at radius 2 is 2.10 bits per heavy atom. The number of ether oxygens (including phenoxy) is 2. The molecule has 0 aromatic heterocycles. The second-order valence-electron chi connectivity index (χ2n) is 5.65. The first-order chi connectivity index (χ1) is 9.86. The molecule has 0 bridgehead atoms. The molecule has 4 heteroatoms. The number of rotatable bonds is 5. The minimum atomic E-state index is 0.00233. The molecule has 2 aliphatic heterocycles. The van der Waals surface area contributed by atoms with Crippen molar-refractivity contribution in [2.75, 3.05) is 45.2 Å². The maximum absolute atomic E-state index is 5.96. The Kier molecular flexibility index (Phi) is 4.99. The molecule has 1 aromatic rings. The third-order valence-electron chi connectivity index (χ3n) is 4.06. The fraction of sp³-hybridized carbons (Fsp3) is 0.625. The number of morpholine rings is 1. The lowest BCUT2D eigenvalue weighted by molar-refractivity contribution is -0.107. The SMILES string of the molecule is c1ccc(CSCCN2CCOC3(CCOC3)C2)cc1. The maximum atomic E-state index is 5.96. The van der Waals surface area contributed by atoms with Gasteiger partial charge in [-0.2, -0.15) is 11.8 Å². The van der Waals surface area contributed by atoms with Gasteiger partial charge in [-0.1, -0.05) is 30.3 Å². The van der Waals surface area contributed by atoms with Crippen LogP contribution in [-0.4, -0.2) is 55.7 Å². The molecule has 1 unspecified atom stereocenters. The molecule has 1 spiro atoms. The highest BCUT2D eigenvalue weighted by Crippen LogP contribution is 2.27. The van der Waals surface area contributed by atoms with E-state index in [2.05, 4.69) is 35.2 Å². The van der Waals surface area contributed by atoms with Crippen LogP contribution in [0, 0.1) is 0 Å². The van der Waals surface area contributed by atoms with Crippen molar-refractivity contribution >= 4 is 11.8 Å². The van der Waals surface area contributed by atoms with E-state index < -0.39 is 0 Å². The van der Waals surface area contributed by atoms with Gasteiger partial charge in [-0.15, -0.1) is 0 Å². The second-order valence-corrected chi connectivity index (χ2v) is 6.75. The third kappa shape index (κ3) is 3.76. The zero-order chi connectivity index (χ0) is 13.7. The molecule has 0 aliphatic carbocycles. The van der Waals surface area contributed by atoms with Crippen molar-refractivity contribution in [3.05, 3.63) is 35.9 Å². The largest absolute Gasteiger partial charge is 0.378 e. The summed E-state index contributed by atoms with van der Waals surface area (Å²) in [5.41, 5.74) is 1.42. The van der Waals surface area contributed by atoms with Crippen LogP contribution in [0.2, 0.25) is 0 Å². The number of benzene rings is 1. The number of hydrogen-bond acceptors (Lipinski definition) is 4. The predicted molar refractivity (Wildman–Crippen MR) is 83.2 cm³/mol. The molecule has 0 amide bonds. The first-order valence-corrected chi connectivity index (χ1v) is 8.58.